The summed E-state index contributed by atoms with van der Waals surface area (Å²) in [6.07, 6.45) is -1.59. The molecule has 10 heteroatoms. The van der Waals surface area contributed by atoms with E-state index in [0.717, 1.165) is 38.4 Å². The average Bonchev–Trinajstić information content (AvgIpc) is 2.45. The molecule has 1 aromatic rings. The molecule has 0 spiro atoms. The van der Waals surface area contributed by atoms with Crippen LogP contribution in [-0.4, -0.2) is 36.3 Å². The number of ether oxygens (including phenoxy) is 1. The number of halogens is 4. The SMILES string of the molecule is NC(=Nc1cc(Br)cc(OC(F)(F)F)c1)/N=C(/N)N1CCCCC1. The molecule has 4 N–H and O–H groups in total. The minimum absolute atomic E-state index is 0.144. The minimum Gasteiger partial charge on any atom is -0.406 e. The summed E-state index contributed by atoms with van der Waals surface area (Å²) in [5.74, 6) is -0.303. The van der Waals surface area contributed by atoms with E-state index in [1.54, 1.807) is 0 Å². The largest absolute Gasteiger partial charge is 0.573 e. The van der Waals surface area contributed by atoms with Gasteiger partial charge in [0.1, 0.15) is 5.75 Å². The Morgan fingerprint density at radius 3 is 2.42 bits per heavy atom. The molecule has 0 aliphatic carbocycles. The minimum atomic E-state index is -4.79. The van der Waals surface area contributed by atoms with Crippen LogP contribution in [0.3, 0.4) is 0 Å². The number of piperidine rings is 1. The van der Waals surface area contributed by atoms with Crippen molar-refractivity contribution in [2.45, 2.75) is 25.6 Å². The lowest BCUT2D eigenvalue weighted by molar-refractivity contribution is -0.274. The molecule has 0 aromatic heterocycles. The van der Waals surface area contributed by atoms with Gasteiger partial charge in [0.15, 0.2) is 5.96 Å². The van der Waals surface area contributed by atoms with Crippen molar-refractivity contribution in [1.29, 1.82) is 0 Å². The van der Waals surface area contributed by atoms with Gasteiger partial charge in [0, 0.05) is 23.6 Å². The zero-order chi connectivity index (χ0) is 17.7. The lowest BCUT2D eigenvalue weighted by Gasteiger charge is -2.27. The number of nitrogens with two attached hydrogens (primary N) is 2. The van der Waals surface area contributed by atoms with Crippen LogP contribution in [0.2, 0.25) is 0 Å². The van der Waals surface area contributed by atoms with E-state index in [-0.39, 0.29) is 17.6 Å². The molecule has 1 heterocycles. The van der Waals surface area contributed by atoms with E-state index < -0.39 is 12.1 Å². The van der Waals surface area contributed by atoms with Gasteiger partial charge in [0.05, 0.1) is 5.69 Å². The number of likely N-dealkylation sites (tertiary alicyclic amines) is 1. The van der Waals surface area contributed by atoms with Crippen molar-refractivity contribution in [3.63, 3.8) is 0 Å². The molecule has 0 unspecified atom stereocenters. The summed E-state index contributed by atoms with van der Waals surface area (Å²) in [7, 11) is 0. The highest BCUT2D eigenvalue weighted by Gasteiger charge is 2.31. The first-order chi connectivity index (χ1) is 11.2. The molecule has 0 saturated carbocycles. The molecule has 2 rings (SSSR count). The second-order valence-corrected chi connectivity index (χ2v) is 6.10. The number of hydrogen-bond donors (Lipinski definition) is 2. The molecule has 1 aliphatic heterocycles. The fraction of sp³-hybridized carbons (Fsp3) is 0.429. The predicted molar refractivity (Wildman–Crippen MR) is 89.2 cm³/mol. The van der Waals surface area contributed by atoms with Crippen molar-refractivity contribution in [3.05, 3.63) is 22.7 Å². The molecular weight excluding hydrogens is 391 g/mol. The third-order valence-corrected chi connectivity index (χ3v) is 3.70. The lowest BCUT2D eigenvalue weighted by atomic mass is 10.1. The van der Waals surface area contributed by atoms with Crippen molar-refractivity contribution in [3.8, 4) is 5.75 Å². The molecule has 6 nitrogen and oxygen atoms in total. The van der Waals surface area contributed by atoms with Crippen molar-refractivity contribution in [2.75, 3.05) is 13.1 Å². The smallest absolute Gasteiger partial charge is 0.406 e. The quantitative estimate of drug-likeness (QED) is 0.582. The molecule has 1 aromatic carbocycles. The Balaban J connectivity index is 2.16. The first-order valence-corrected chi connectivity index (χ1v) is 8.02. The van der Waals surface area contributed by atoms with Gasteiger partial charge in [-0.05, 0) is 31.4 Å². The van der Waals surface area contributed by atoms with Crippen LogP contribution in [-0.2, 0) is 0 Å². The van der Waals surface area contributed by atoms with Gasteiger partial charge in [0.2, 0.25) is 5.96 Å². The molecule has 1 aliphatic rings. The Bertz CT molecular complexity index is 642. The van der Waals surface area contributed by atoms with Crippen molar-refractivity contribution >= 4 is 33.5 Å². The fourth-order valence-corrected chi connectivity index (χ4v) is 2.73. The van der Waals surface area contributed by atoms with Crippen LogP contribution in [0.1, 0.15) is 19.3 Å². The van der Waals surface area contributed by atoms with Gasteiger partial charge in [0.25, 0.3) is 0 Å². The second-order valence-electron chi connectivity index (χ2n) is 5.18. The van der Waals surface area contributed by atoms with Gasteiger partial charge in [-0.2, -0.15) is 4.99 Å². The maximum atomic E-state index is 12.3. The molecule has 0 radical (unpaired) electrons. The molecule has 0 amide bonds. The van der Waals surface area contributed by atoms with E-state index in [0.29, 0.717) is 4.47 Å². The molecular formula is C14H17BrF3N5O. The van der Waals surface area contributed by atoms with E-state index in [2.05, 4.69) is 30.7 Å². The van der Waals surface area contributed by atoms with Crippen LogP contribution in [0.15, 0.2) is 32.7 Å². The summed E-state index contributed by atoms with van der Waals surface area (Å²) in [5, 5.41) is 0. The second kappa shape index (κ2) is 7.73. The van der Waals surface area contributed by atoms with Crippen molar-refractivity contribution < 1.29 is 17.9 Å². The van der Waals surface area contributed by atoms with Gasteiger partial charge < -0.3 is 21.1 Å². The molecule has 0 bridgehead atoms. The zero-order valence-electron chi connectivity index (χ0n) is 12.7. The van der Waals surface area contributed by atoms with Crippen molar-refractivity contribution in [2.24, 2.45) is 21.5 Å². The lowest BCUT2D eigenvalue weighted by Crippen LogP contribution is -2.41. The van der Waals surface area contributed by atoms with Crippen LogP contribution in [0.5, 0.6) is 5.75 Å². The zero-order valence-corrected chi connectivity index (χ0v) is 14.3. The van der Waals surface area contributed by atoms with Crippen LogP contribution in [0.4, 0.5) is 18.9 Å². The first kappa shape index (κ1) is 18.4. The van der Waals surface area contributed by atoms with Gasteiger partial charge in [-0.15, -0.1) is 13.2 Å². The standard InChI is InChI=1S/C14H17BrF3N5O/c15-9-6-10(8-11(7-9)24-14(16,17)18)21-12(19)22-13(20)23-4-2-1-3-5-23/h6-8H,1-5H2,(H4,19,20,21,22). The molecule has 1 saturated heterocycles. The predicted octanol–water partition coefficient (Wildman–Crippen LogP) is 3.09. The maximum Gasteiger partial charge on any atom is 0.573 e. The number of guanidine groups is 2. The molecule has 0 atom stereocenters. The first-order valence-electron chi connectivity index (χ1n) is 7.22. The summed E-state index contributed by atoms with van der Waals surface area (Å²) >= 11 is 3.10. The van der Waals surface area contributed by atoms with E-state index in [1.165, 1.54) is 12.1 Å². The number of alkyl halides is 3. The third-order valence-electron chi connectivity index (χ3n) is 3.24. The Labute approximate surface area is 145 Å². The highest BCUT2D eigenvalue weighted by molar-refractivity contribution is 9.10. The van der Waals surface area contributed by atoms with Crippen LogP contribution < -0.4 is 16.2 Å². The molecule has 24 heavy (non-hydrogen) atoms. The van der Waals surface area contributed by atoms with Crippen LogP contribution in [0.25, 0.3) is 0 Å². The fourth-order valence-electron chi connectivity index (χ4n) is 2.27. The summed E-state index contributed by atoms with van der Waals surface area (Å²) in [6, 6.07) is 3.77. The van der Waals surface area contributed by atoms with E-state index in [4.69, 9.17) is 11.5 Å². The third kappa shape index (κ3) is 5.91. The van der Waals surface area contributed by atoms with Crippen LogP contribution >= 0.6 is 15.9 Å². The number of rotatable bonds is 2. The highest BCUT2D eigenvalue weighted by Crippen LogP contribution is 2.30. The highest BCUT2D eigenvalue weighted by atomic mass is 79.9. The number of nitrogens with zero attached hydrogens (tertiary/aromatic N) is 3. The Morgan fingerprint density at radius 2 is 1.79 bits per heavy atom. The summed E-state index contributed by atoms with van der Waals surface area (Å²) in [6.45, 7) is 1.59. The number of hydrogen-bond acceptors (Lipinski definition) is 2. The van der Waals surface area contributed by atoms with E-state index in [1.807, 2.05) is 4.90 Å². The van der Waals surface area contributed by atoms with E-state index >= 15 is 0 Å². The monoisotopic (exact) mass is 407 g/mol. The normalized spacial score (nSPS) is 17.1. The Hall–Kier alpha value is -1.97. The number of benzene rings is 1. The molecule has 132 valence electrons. The Kier molecular flexibility index (Phi) is 5.92. The summed E-state index contributed by atoms with van der Waals surface area (Å²) < 4.78 is 41.1. The van der Waals surface area contributed by atoms with Crippen LogP contribution in [0, 0.1) is 0 Å². The summed E-state index contributed by atoms with van der Waals surface area (Å²) in [4.78, 5) is 9.86. The van der Waals surface area contributed by atoms with Gasteiger partial charge in [-0.25, -0.2) is 4.99 Å². The topological polar surface area (TPSA) is 89.2 Å². The number of aliphatic imine (C=N–C) groups is 2. The van der Waals surface area contributed by atoms with Gasteiger partial charge in [-0.1, -0.05) is 15.9 Å². The van der Waals surface area contributed by atoms with E-state index in [9.17, 15) is 13.2 Å². The van der Waals surface area contributed by atoms with Gasteiger partial charge in [-0.3, -0.25) is 0 Å². The average molecular weight is 408 g/mol. The Morgan fingerprint density at radius 1 is 1.12 bits per heavy atom. The summed E-state index contributed by atoms with van der Waals surface area (Å²) in [5.41, 5.74) is 11.8. The molecule has 1 fully saturated rings. The van der Waals surface area contributed by atoms with Gasteiger partial charge >= 0.3 is 6.36 Å². The van der Waals surface area contributed by atoms with Crippen molar-refractivity contribution in [1.82, 2.24) is 4.90 Å². The maximum absolute atomic E-state index is 12.3.